The van der Waals surface area contributed by atoms with Crippen LogP contribution in [0.5, 0.6) is 0 Å². The largest absolute Gasteiger partial charge is 0.330 e. The number of alkyl halides is 1. The summed E-state index contributed by atoms with van der Waals surface area (Å²) in [5.41, 5.74) is 8.09. The summed E-state index contributed by atoms with van der Waals surface area (Å²) in [4.78, 5) is 0. The maximum Gasteiger partial charge on any atom is 0.0613 e. The molecule has 0 aromatic heterocycles. The minimum absolute atomic E-state index is 0.729. The standard InChI is InChI=1S/C10H16IN/c1-3-10(6-8-12)9(2)5-4-7-11/h3,6-8,12H2,1-2H3. The van der Waals surface area contributed by atoms with Gasteiger partial charge in [-0.2, -0.15) is 0 Å². The van der Waals surface area contributed by atoms with Crippen LogP contribution in [0.4, 0.5) is 0 Å². The summed E-state index contributed by atoms with van der Waals surface area (Å²) in [7, 11) is 0. The van der Waals surface area contributed by atoms with E-state index >= 15 is 0 Å². The number of hydrogen-bond donors (Lipinski definition) is 1. The lowest BCUT2D eigenvalue weighted by Crippen LogP contribution is -2.01. The molecular formula is C10H16IN. The fourth-order valence-corrected chi connectivity index (χ4v) is 1.25. The normalized spacial score (nSPS) is 11.7. The highest BCUT2D eigenvalue weighted by Crippen LogP contribution is 2.10. The number of allylic oxidation sites excluding steroid dienone is 1. The van der Waals surface area contributed by atoms with Gasteiger partial charge in [0.2, 0.25) is 0 Å². The third-order valence-electron chi connectivity index (χ3n) is 1.75. The zero-order chi connectivity index (χ0) is 9.40. The van der Waals surface area contributed by atoms with Gasteiger partial charge >= 0.3 is 0 Å². The Balaban J connectivity index is 4.36. The van der Waals surface area contributed by atoms with E-state index in [0.717, 1.165) is 23.8 Å². The topological polar surface area (TPSA) is 26.0 Å². The lowest BCUT2D eigenvalue weighted by Gasteiger charge is -2.03. The second-order valence-electron chi connectivity index (χ2n) is 2.56. The summed E-state index contributed by atoms with van der Waals surface area (Å²) in [6, 6.07) is 0. The Morgan fingerprint density at radius 2 is 2.17 bits per heavy atom. The Morgan fingerprint density at radius 1 is 1.50 bits per heavy atom. The zero-order valence-corrected chi connectivity index (χ0v) is 9.94. The van der Waals surface area contributed by atoms with Gasteiger partial charge in [0, 0.05) is 0 Å². The predicted molar refractivity (Wildman–Crippen MR) is 63.3 cm³/mol. The van der Waals surface area contributed by atoms with Crippen LogP contribution >= 0.6 is 22.6 Å². The molecule has 0 aliphatic heterocycles. The number of hydrogen-bond acceptors (Lipinski definition) is 1. The summed E-state index contributed by atoms with van der Waals surface area (Å²) in [6.45, 7) is 4.96. The van der Waals surface area contributed by atoms with Crippen molar-refractivity contribution in [3.8, 4) is 11.8 Å². The molecule has 1 nitrogen and oxygen atoms in total. The van der Waals surface area contributed by atoms with E-state index in [1.807, 2.05) is 0 Å². The van der Waals surface area contributed by atoms with Crippen molar-refractivity contribution in [3.05, 3.63) is 11.1 Å². The van der Waals surface area contributed by atoms with Gasteiger partial charge in [0.05, 0.1) is 4.43 Å². The predicted octanol–water partition coefficient (Wildman–Crippen LogP) is 2.50. The van der Waals surface area contributed by atoms with Gasteiger partial charge < -0.3 is 5.73 Å². The summed E-state index contributed by atoms with van der Waals surface area (Å²) in [5, 5.41) is 0. The molecule has 68 valence electrons. The van der Waals surface area contributed by atoms with Crippen LogP contribution in [-0.4, -0.2) is 11.0 Å². The van der Waals surface area contributed by atoms with Gasteiger partial charge in [-0.25, -0.2) is 0 Å². The van der Waals surface area contributed by atoms with Gasteiger partial charge in [0.25, 0.3) is 0 Å². The van der Waals surface area contributed by atoms with E-state index in [4.69, 9.17) is 5.73 Å². The van der Waals surface area contributed by atoms with Gasteiger partial charge in [-0.1, -0.05) is 46.9 Å². The summed E-state index contributed by atoms with van der Waals surface area (Å²) in [6.07, 6.45) is 2.05. The first-order valence-electron chi connectivity index (χ1n) is 4.19. The molecule has 2 heteroatoms. The van der Waals surface area contributed by atoms with Crippen molar-refractivity contribution in [1.29, 1.82) is 0 Å². The maximum atomic E-state index is 5.49. The SMILES string of the molecule is CCC(CCN)=C(C)C#CCI. The Bertz CT molecular complexity index is 208. The van der Waals surface area contributed by atoms with Crippen molar-refractivity contribution >= 4 is 22.6 Å². The van der Waals surface area contributed by atoms with Crippen LogP contribution in [0.3, 0.4) is 0 Å². The number of rotatable bonds is 3. The number of nitrogens with two attached hydrogens (primary N) is 1. The van der Waals surface area contributed by atoms with Crippen LogP contribution in [-0.2, 0) is 0 Å². The van der Waals surface area contributed by atoms with Crippen molar-refractivity contribution in [1.82, 2.24) is 0 Å². The molecule has 0 atom stereocenters. The molecule has 0 aromatic carbocycles. The molecular weight excluding hydrogens is 261 g/mol. The lowest BCUT2D eigenvalue weighted by molar-refractivity contribution is 0.883. The first-order chi connectivity index (χ1) is 5.76. The van der Waals surface area contributed by atoms with Crippen LogP contribution in [0.2, 0.25) is 0 Å². The average Bonchev–Trinajstić information content (AvgIpc) is 2.10. The minimum atomic E-state index is 0.729. The molecule has 0 aromatic rings. The molecule has 0 heterocycles. The molecule has 0 aliphatic rings. The molecule has 0 fully saturated rings. The molecule has 0 rings (SSSR count). The van der Waals surface area contributed by atoms with E-state index in [9.17, 15) is 0 Å². The van der Waals surface area contributed by atoms with E-state index in [-0.39, 0.29) is 0 Å². The second-order valence-corrected chi connectivity index (χ2v) is 3.32. The van der Waals surface area contributed by atoms with E-state index in [0.29, 0.717) is 0 Å². The van der Waals surface area contributed by atoms with Gasteiger partial charge in [-0.05, 0) is 31.9 Å². The quantitative estimate of drug-likeness (QED) is 0.479. The first-order valence-corrected chi connectivity index (χ1v) is 5.72. The zero-order valence-electron chi connectivity index (χ0n) is 7.78. The fraction of sp³-hybridized carbons (Fsp3) is 0.600. The van der Waals surface area contributed by atoms with Gasteiger partial charge in [0.1, 0.15) is 0 Å². The van der Waals surface area contributed by atoms with Crippen molar-refractivity contribution in [3.63, 3.8) is 0 Å². The highest BCUT2D eigenvalue weighted by molar-refractivity contribution is 14.1. The van der Waals surface area contributed by atoms with Crippen LogP contribution in [0, 0.1) is 11.8 Å². The third-order valence-corrected chi connectivity index (χ3v) is 2.13. The molecule has 0 unspecified atom stereocenters. The molecule has 0 aliphatic carbocycles. The van der Waals surface area contributed by atoms with E-state index < -0.39 is 0 Å². The van der Waals surface area contributed by atoms with Crippen LogP contribution in [0.25, 0.3) is 0 Å². The third kappa shape index (κ3) is 4.78. The van der Waals surface area contributed by atoms with Crippen LogP contribution in [0.1, 0.15) is 26.7 Å². The Labute approximate surface area is 88.9 Å². The monoisotopic (exact) mass is 277 g/mol. The highest BCUT2D eigenvalue weighted by atomic mass is 127. The molecule has 0 saturated heterocycles. The lowest BCUT2D eigenvalue weighted by atomic mass is 10.0. The molecule has 0 bridgehead atoms. The number of halogens is 1. The Hall–Kier alpha value is -0.0100. The van der Waals surface area contributed by atoms with Crippen LogP contribution < -0.4 is 5.73 Å². The fourth-order valence-electron chi connectivity index (χ4n) is 1.06. The summed E-state index contributed by atoms with van der Waals surface area (Å²) in [5.74, 6) is 6.19. The molecule has 2 N–H and O–H groups in total. The van der Waals surface area contributed by atoms with Crippen LogP contribution in [0.15, 0.2) is 11.1 Å². The van der Waals surface area contributed by atoms with Gasteiger partial charge in [0.15, 0.2) is 0 Å². The smallest absolute Gasteiger partial charge is 0.0613 e. The summed E-state index contributed by atoms with van der Waals surface area (Å²) < 4.78 is 0.898. The summed E-state index contributed by atoms with van der Waals surface area (Å²) >= 11 is 2.26. The van der Waals surface area contributed by atoms with E-state index in [1.165, 1.54) is 11.1 Å². The van der Waals surface area contributed by atoms with E-state index in [2.05, 4.69) is 48.3 Å². The van der Waals surface area contributed by atoms with E-state index in [1.54, 1.807) is 0 Å². The van der Waals surface area contributed by atoms with Crippen molar-refractivity contribution in [2.24, 2.45) is 5.73 Å². The Morgan fingerprint density at radius 3 is 2.58 bits per heavy atom. The second kappa shape index (κ2) is 7.63. The maximum absolute atomic E-state index is 5.49. The Kier molecular flexibility index (Phi) is 7.62. The van der Waals surface area contributed by atoms with Crippen molar-refractivity contribution in [2.75, 3.05) is 11.0 Å². The highest BCUT2D eigenvalue weighted by Gasteiger charge is 1.95. The molecule has 0 radical (unpaired) electrons. The molecule has 0 amide bonds. The van der Waals surface area contributed by atoms with Gasteiger partial charge in [-0.3, -0.25) is 0 Å². The molecule has 12 heavy (non-hydrogen) atoms. The minimum Gasteiger partial charge on any atom is -0.330 e. The van der Waals surface area contributed by atoms with Crippen molar-refractivity contribution in [2.45, 2.75) is 26.7 Å². The molecule has 0 saturated carbocycles. The first kappa shape index (κ1) is 12.0. The average molecular weight is 277 g/mol. The molecule has 0 spiro atoms. The van der Waals surface area contributed by atoms with Gasteiger partial charge in [-0.15, -0.1) is 0 Å². The van der Waals surface area contributed by atoms with Crippen molar-refractivity contribution < 1.29 is 0 Å².